The van der Waals surface area contributed by atoms with Gasteiger partial charge in [0, 0.05) is 16.3 Å². The lowest BCUT2D eigenvalue weighted by atomic mass is 9.87. The van der Waals surface area contributed by atoms with Gasteiger partial charge in [0.1, 0.15) is 0 Å². The second-order valence-electron chi connectivity index (χ2n) is 4.75. The molecule has 3 nitrogen and oxygen atoms in total. The van der Waals surface area contributed by atoms with Gasteiger partial charge in [-0.15, -0.1) is 11.3 Å². The first kappa shape index (κ1) is 14.2. The highest BCUT2D eigenvalue weighted by Gasteiger charge is 2.29. The van der Waals surface area contributed by atoms with Crippen LogP contribution in [0.4, 0.5) is 0 Å². The third-order valence-corrected chi connectivity index (χ3v) is 4.57. The molecule has 1 heterocycles. The molecule has 0 bridgehead atoms. The average Bonchev–Trinajstić information content (AvgIpc) is 2.64. The lowest BCUT2D eigenvalue weighted by molar-refractivity contribution is -0.130. The highest BCUT2D eigenvalue weighted by molar-refractivity contribution is 7.12. The molecule has 0 spiro atoms. The number of carbonyl (C=O) groups excluding carboxylic acids is 1. The Hall–Kier alpha value is -0.870. The van der Waals surface area contributed by atoms with Gasteiger partial charge in [0.25, 0.3) is 0 Å². The summed E-state index contributed by atoms with van der Waals surface area (Å²) in [7, 11) is 0. The first-order valence-corrected chi connectivity index (χ1v) is 6.79. The van der Waals surface area contributed by atoms with Crippen molar-refractivity contribution in [1.82, 2.24) is 5.32 Å². The summed E-state index contributed by atoms with van der Waals surface area (Å²) in [6.07, 6.45) is 0.762. The van der Waals surface area contributed by atoms with E-state index < -0.39 is 5.41 Å². The predicted octanol–water partition coefficient (Wildman–Crippen LogP) is 2.36. The van der Waals surface area contributed by atoms with Crippen LogP contribution in [0.1, 0.15) is 35.6 Å². The summed E-state index contributed by atoms with van der Waals surface area (Å²) in [5.41, 5.74) is 6.50. The maximum atomic E-state index is 12.0. The van der Waals surface area contributed by atoms with Gasteiger partial charge in [-0.3, -0.25) is 4.79 Å². The van der Waals surface area contributed by atoms with Crippen LogP contribution in [0.15, 0.2) is 6.07 Å². The number of rotatable bonds is 5. The van der Waals surface area contributed by atoms with Crippen LogP contribution < -0.4 is 11.1 Å². The Labute approximate surface area is 107 Å². The van der Waals surface area contributed by atoms with Crippen molar-refractivity contribution in [2.75, 3.05) is 6.54 Å². The number of nitrogens with two attached hydrogens (primary N) is 1. The Balaban J connectivity index is 2.59. The summed E-state index contributed by atoms with van der Waals surface area (Å²) >= 11 is 1.74. The van der Waals surface area contributed by atoms with Crippen LogP contribution in [-0.2, 0) is 11.3 Å². The van der Waals surface area contributed by atoms with Crippen molar-refractivity contribution in [1.29, 1.82) is 0 Å². The Morgan fingerprint density at radius 1 is 1.53 bits per heavy atom. The number of aryl methyl sites for hydroxylation is 2. The van der Waals surface area contributed by atoms with Crippen molar-refractivity contribution >= 4 is 17.2 Å². The summed E-state index contributed by atoms with van der Waals surface area (Å²) in [6, 6.07) is 2.13. The molecule has 3 N–H and O–H groups in total. The molecule has 1 unspecified atom stereocenters. The minimum Gasteiger partial charge on any atom is -0.351 e. The Kier molecular flexibility index (Phi) is 4.71. The first-order chi connectivity index (χ1) is 7.92. The van der Waals surface area contributed by atoms with E-state index >= 15 is 0 Å². The van der Waals surface area contributed by atoms with Crippen molar-refractivity contribution in [2.45, 2.75) is 40.7 Å². The topological polar surface area (TPSA) is 55.1 Å². The molecule has 17 heavy (non-hydrogen) atoms. The normalized spacial score (nSPS) is 14.4. The molecule has 0 radical (unpaired) electrons. The van der Waals surface area contributed by atoms with Gasteiger partial charge >= 0.3 is 0 Å². The first-order valence-electron chi connectivity index (χ1n) is 5.97. The Morgan fingerprint density at radius 3 is 2.59 bits per heavy atom. The molecule has 1 aromatic heterocycles. The summed E-state index contributed by atoms with van der Waals surface area (Å²) in [5.74, 6) is 0.0474. The van der Waals surface area contributed by atoms with Gasteiger partial charge in [-0.2, -0.15) is 0 Å². The molecule has 0 saturated heterocycles. The molecule has 96 valence electrons. The van der Waals surface area contributed by atoms with Gasteiger partial charge < -0.3 is 11.1 Å². The highest BCUT2D eigenvalue weighted by atomic mass is 32.1. The summed E-state index contributed by atoms with van der Waals surface area (Å²) < 4.78 is 0. The van der Waals surface area contributed by atoms with Crippen molar-refractivity contribution in [3.8, 4) is 0 Å². The third kappa shape index (κ3) is 3.30. The minimum atomic E-state index is -0.443. The van der Waals surface area contributed by atoms with Crippen LogP contribution in [-0.4, -0.2) is 12.5 Å². The van der Waals surface area contributed by atoms with Crippen LogP contribution in [0.2, 0.25) is 0 Å². The molecule has 1 amide bonds. The molecule has 0 aromatic carbocycles. The van der Waals surface area contributed by atoms with Crippen molar-refractivity contribution < 1.29 is 4.79 Å². The molecule has 4 heteroatoms. The van der Waals surface area contributed by atoms with E-state index in [4.69, 9.17) is 5.73 Å². The van der Waals surface area contributed by atoms with Crippen molar-refractivity contribution in [2.24, 2.45) is 11.1 Å². The zero-order valence-electron chi connectivity index (χ0n) is 11.1. The second kappa shape index (κ2) is 5.65. The van der Waals surface area contributed by atoms with Gasteiger partial charge in [0.15, 0.2) is 0 Å². The quantitative estimate of drug-likeness (QED) is 0.847. The lowest BCUT2D eigenvalue weighted by Crippen LogP contribution is -2.43. The van der Waals surface area contributed by atoms with E-state index in [1.54, 1.807) is 11.3 Å². The SMILES string of the molecule is CCC(C)(CN)C(=O)NCc1cc(C)c(C)s1. The van der Waals surface area contributed by atoms with E-state index in [1.807, 2.05) is 13.8 Å². The van der Waals surface area contributed by atoms with E-state index in [2.05, 4.69) is 25.2 Å². The second-order valence-corrected chi connectivity index (χ2v) is 6.09. The molecule has 0 aliphatic heterocycles. The molecule has 1 atom stereocenters. The van der Waals surface area contributed by atoms with E-state index in [9.17, 15) is 4.79 Å². The van der Waals surface area contributed by atoms with Crippen molar-refractivity contribution in [3.05, 3.63) is 21.4 Å². The monoisotopic (exact) mass is 254 g/mol. The fourth-order valence-corrected chi connectivity index (χ4v) is 2.51. The average molecular weight is 254 g/mol. The maximum absolute atomic E-state index is 12.0. The summed E-state index contributed by atoms with van der Waals surface area (Å²) in [4.78, 5) is 14.5. The van der Waals surface area contributed by atoms with Crippen LogP contribution in [0.3, 0.4) is 0 Å². The van der Waals surface area contributed by atoms with Gasteiger partial charge in [-0.1, -0.05) is 6.92 Å². The zero-order chi connectivity index (χ0) is 13.1. The molecule has 0 aliphatic carbocycles. The number of thiophene rings is 1. The van der Waals surface area contributed by atoms with Crippen LogP contribution in [0.25, 0.3) is 0 Å². The van der Waals surface area contributed by atoms with Gasteiger partial charge in [0.05, 0.1) is 12.0 Å². The fourth-order valence-electron chi connectivity index (χ4n) is 1.52. The van der Waals surface area contributed by atoms with Gasteiger partial charge in [0.2, 0.25) is 5.91 Å². The predicted molar refractivity (Wildman–Crippen MR) is 73.1 cm³/mol. The number of amides is 1. The molecule has 0 fully saturated rings. The van der Waals surface area contributed by atoms with Crippen molar-refractivity contribution in [3.63, 3.8) is 0 Å². The molecular weight excluding hydrogens is 232 g/mol. The molecular formula is C13H22N2OS. The maximum Gasteiger partial charge on any atom is 0.227 e. The minimum absolute atomic E-state index is 0.0474. The smallest absolute Gasteiger partial charge is 0.227 e. The van der Waals surface area contributed by atoms with Crippen LogP contribution in [0, 0.1) is 19.3 Å². The number of nitrogens with one attached hydrogen (secondary N) is 1. The molecule has 0 saturated carbocycles. The van der Waals surface area contributed by atoms with Crippen LogP contribution in [0.5, 0.6) is 0 Å². The fraction of sp³-hybridized carbons (Fsp3) is 0.615. The van der Waals surface area contributed by atoms with E-state index in [1.165, 1.54) is 15.3 Å². The lowest BCUT2D eigenvalue weighted by Gasteiger charge is -2.24. The van der Waals surface area contributed by atoms with E-state index in [-0.39, 0.29) is 5.91 Å². The van der Waals surface area contributed by atoms with Gasteiger partial charge in [-0.25, -0.2) is 0 Å². The Bertz CT molecular complexity index is 375. The molecule has 1 aromatic rings. The number of hydrogen-bond acceptors (Lipinski definition) is 3. The highest BCUT2D eigenvalue weighted by Crippen LogP contribution is 2.22. The number of carbonyl (C=O) groups is 1. The zero-order valence-corrected chi connectivity index (χ0v) is 11.9. The Morgan fingerprint density at radius 2 is 2.18 bits per heavy atom. The molecule has 0 aliphatic rings. The van der Waals surface area contributed by atoms with E-state index in [0.29, 0.717) is 13.1 Å². The van der Waals surface area contributed by atoms with Gasteiger partial charge in [-0.05, 0) is 38.8 Å². The van der Waals surface area contributed by atoms with Crippen LogP contribution >= 0.6 is 11.3 Å². The summed E-state index contributed by atoms with van der Waals surface area (Å²) in [6.45, 7) is 9.08. The third-order valence-electron chi connectivity index (χ3n) is 3.42. The number of hydrogen-bond donors (Lipinski definition) is 2. The summed E-state index contributed by atoms with van der Waals surface area (Å²) in [5, 5.41) is 2.97. The largest absolute Gasteiger partial charge is 0.351 e. The standard InChI is InChI=1S/C13H22N2OS/c1-5-13(4,8-14)12(16)15-7-11-6-9(2)10(3)17-11/h6H,5,7-8,14H2,1-4H3,(H,15,16). The molecule has 1 rings (SSSR count). The van der Waals surface area contributed by atoms with E-state index in [0.717, 1.165) is 6.42 Å².